The molecule has 0 saturated carbocycles. The SMILES string of the molecule is CC(C)(C)CC(=O)N1CCCN(C(=O)c2cccc(F)c2)CC1. The van der Waals surface area contributed by atoms with Crippen LogP contribution in [0.4, 0.5) is 4.39 Å². The van der Waals surface area contributed by atoms with Crippen LogP contribution < -0.4 is 0 Å². The Bertz CT molecular complexity index is 581. The highest BCUT2D eigenvalue weighted by atomic mass is 19.1. The lowest BCUT2D eigenvalue weighted by Crippen LogP contribution is -2.38. The van der Waals surface area contributed by atoms with Crippen molar-refractivity contribution in [3.05, 3.63) is 35.6 Å². The molecule has 0 atom stereocenters. The minimum Gasteiger partial charge on any atom is -0.341 e. The van der Waals surface area contributed by atoms with Crippen LogP contribution in [0.2, 0.25) is 0 Å². The first-order chi connectivity index (χ1) is 10.8. The summed E-state index contributed by atoms with van der Waals surface area (Å²) in [5.74, 6) is -0.445. The molecular formula is C18H25FN2O2. The molecule has 0 N–H and O–H groups in total. The van der Waals surface area contributed by atoms with Gasteiger partial charge in [-0.05, 0) is 30.0 Å². The Balaban J connectivity index is 1.98. The molecule has 1 aromatic rings. The number of hydrogen-bond acceptors (Lipinski definition) is 2. The van der Waals surface area contributed by atoms with E-state index in [1.165, 1.54) is 12.1 Å². The molecule has 1 aromatic carbocycles. The predicted molar refractivity (Wildman–Crippen MR) is 87.6 cm³/mol. The quantitative estimate of drug-likeness (QED) is 0.840. The summed E-state index contributed by atoms with van der Waals surface area (Å²) < 4.78 is 13.3. The van der Waals surface area contributed by atoms with E-state index in [1.54, 1.807) is 17.0 Å². The molecule has 1 fully saturated rings. The second kappa shape index (κ2) is 7.11. The zero-order chi connectivity index (χ0) is 17.0. The van der Waals surface area contributed by atoms with E-state index < -0.39 is 5.82 Å². The van der Waals surface area contributed by atoms with Crippen molar-refractivity contribution in [3.8, 4) is 0 Å². The third kappa shape index (κ3) is 5.05. The Morgan fingerprint density at radius 2 is 1.74 bits per heavy atom. The lowest BCUT2D eigenvalue weighted by atomic mass is 9.91. The predicted octanol–water partition coefficient (Wildman–Crippen LogP) is 2.94. The summed E-state index contributed by atoms with van der Waals surface area (Å²) >= 11 is 0. The van der Waals surface area contributed by atoms with Crippen molar-refractivity contribution in [1.29, 1.82) is 0 Å². The highest BCUT2D eigenvalue weighted by Gasteiger charge is 2.25. The molecule has 0 unspecified atom stereocenters. The van der Waals surface area contributed by atoms with Crippen LogP contribution in [0.25, 0.3) is 0 Å². The average Bonchev–Trinajstić information content (AvgIpc) is 2.70. The van der Waals surface area contributed by atoms with E-state index in [0.29, 0.717) is 38.2 Å². The first kappa shape index (κ1) is 17.4. The van der Waals surface area contributed by atoms with Crippen molar-refractivity contribution in [3.63, 3.8) is 0 Å². The zero-order valence-corrected chi connectivity index (χ0v) is 14.1. The van der Waals surface area contributed by atoms with Crippen molar-refractivity contribution in [2.45, 2.75) is 33.6 Å². The van der Waals surface area contributed by atoms with Gasteiger partial charge in [-0.2, -0.15) is 0 Å². The fourth-order valence-electron chi connectivity index (χ4n) is 2.74. The minimum absolute atomic E-state index is 0.0412. The van der Waals surface area contributed by atoms with E-state index in [-0.39, 0.29) is 17.2 Å². The first-order valence-corrected chi connectivity index (χ1v) is 8.09. The lowest BCUT2D eigenvalue weighted by molar-refractivity contribution is -0.132. The van der Waals surface area contributed by atoms with Crippen LogP contribution in [0.5, 0.6) is 0 Å². The van der Waals surface area contributed by atoms with E-state index >= 15 is 0 Å². The maximum Gasteiger partial charge on any atom is 0.254 e. The fraction of sp³-hybridized carbons (Fsp3) is 0.556. The van der Waals surface area contributed by atoms with Crippen molar-refractivity contribution in [1.82, 2.24) is 9.80 Å². The molecular weight excluding hydrogens is 295 g/mol. The molecule has 0 aromatic heterocycles. The smallest absolute Gasteiger partial charge is 0.254 e. The van der Waals surface area contributed by atoms with Crippen LogP contribution in [0.1, 0.15) is 44.0 Å². The zero-order valence-electron chi connectivity index (χ0n) is 14.1. The largest absolute Gasteiger partial charge is 0.341 e. The van der Waals surface area contributed by atoms with E-state index in [9.17, 15) is 14.0 Å². The highest BCUT2D eigenvalue weighted by Crippen LogP contribution is 2.20. The van der Waals surface area contributed by atoms with E-state index in [0.717, 1.165) is 6.42 Å². The topological polar surface area (TPSA) is 40.6 Å². The molecule has 2 amide bonds. The first-order valence-electron chi connectivity index (χ1n) is 8.09. The minimum atomic E-state index is -0.410. The van der Waals surface area contributed by atoms with Gasteiger partial charge in [0.05, 0.1) is 0 Å². The Labute approximate surface area is 137 Å². The monoisotopic (exact) mass is 320 g/mol. The van der Waals surface area contributed by atoms with E-state index in [2.05, 4.69) is 0 Å². The second-order valence-corrected chi connectivity index (χ2v) is 7.27. The van der Waals surface area contributed by atoms with Crippen LogP contribution >= 0.6 is 0 Å². The van der Waals surface area contributed by atoms with Gasteiger partial charge in [-0.1, -0.05) is 26.8 Å². The highest BCUT2D eigenvalue weighted by molar-refractivity contribution is 5.94. The van der Waals surface area contributed by atoms with Crippen LogP contribution in [0, 0.1) is 11.2 Å². The number of halogens is 1. The van der Waals surface area contributed by atoms with E-state index in [4.69, 9.17) is 0 Å². The van der Waals surface area contributed by atoms with Gasteiger partial charge in [-0.25, -0.2) is 4.39 Å². The number of nitrogens with zero attached hydrogens (tertiary/aromatic N) is 2. The molecule has 1 aliphatic heterocycles. The molecule has 5 heteroatoms. The van der Waals surface area contributed by atoms with Crippen molar-refractivity contribution in [2.24, 2.45) is 5.41 Å². The normalized spacial score (nSPS) is 16.2. The molecule has 23 heavy (non-hydrogen) atoms. The average molecular weight is 320 g/mol. The fourth-order valence-corrected chi connectivity index (χ4v) is 2.74. The molecule has 4 nitrogen and oxygen atoms in total. The molecule has 0 radical (unpaired) electrons. The summed E-state index contributed by atoms with van der Waals surface area (Å²) in [5, 5.41) is 0. The van der Waals surface area contributed by atoms with Crippen molar-refractivity contribution < 1.29 is 14.0 Å². The summed E-state index contributed by atoms with van der Waals surface area (Å²) in [6.07, 6.45) is 1.25. The van der Waals surface area contributed by atoms with Crippen LogP contribution in [-0.4, -0.2) is 47.8 Å². The number of carbonyl (C=O) groups is 2. The molecule has 1 saturated heterocycles. The summed E-state index contributed by atoms with van der Waals surface area (Å²) in [6.45, 7) is 8.42. The Hall–Kier alpha value is -1.91. The molecule has 126 valence electrons. The van der Waals surface area contributed by atoms with Gasteiger partial charge in [0.25, 0.3) is 5.91 Å². The summed E-state index contributed by atoms with van der Waals surface area (Å²) in [7, 11) is 0. The number of carbonyl (C=O) groups excluding carboxylic acids is 2. The van der Waals surface area contributed by atoms with Crippen LogP contribution in [0.15, 0.2) is 24.3 Å². The van der Waals surface area contributed by atoms with Gasteiger partial charge in [0.2, 0.25) is 5.91 Å². The van der Waals surface area contributed by atoms with Crippen molar-refractivity contribution in [2.75, 3.05) is 26.2 Å². The Morgan fingerprint density at radius 3 is 2.39 bits per heavy atom. The van der Waals surface area contributed by atoms with Gasteiger partial charge in [0.15, 0.2) is 0 Å². The van der Waals surface area contributed by atoms with Gasteiger partial charge in [-0.15, -0.1) is 0 Å². The maximum atomic E-state index is 13.3. The standard InChI is InChI=1S/C18H25FN2O2/c1-18(2,3)13-16(22)20-8-5-9-21(11-10-20)17(23)14-6-4-7-15(19)12-14/h4,6-7,12H,5,8-11,13H2,1-3H3. The number of rotatable bonds is 2. The Morgan fingerprint density at radius 1 is 1.09 bits per heavy atom. The van der Waals surface area contributed by atoms with Crippen LogP contribution in [0.3, 0.4) is 0 Å². The Kier molecular flexibility index (Phi) is 5.39. The third-order valence-corrected chi connectivity index (χ3v) is 3.89. The molecule has 0 bridgehead atoms. The lowest BCUT2D eigenvalue weighted by Gasteiger charge is -2.25. The van der Waals surface area contributed by atoms with Gasteiger partial charge >= 0.3 is 0 Å². The molecule has 1 aliphatic rings. The molecule has 0 spiro atoms. The summed E-state index contributed by atoms with van der Waals surface area (Å²) in [5.41, 5.74) is 0.319. The molecule has 2 rings (SSSR count). The third-order valence-electron chi connectivity index (χ3n) is 3.89. The van der Waals surface area contributed by atoms with Gasteiger partial charge < -0.3 is 9.80 Å². The molecule has 0 aliphatic carbocycles. The second-order valence-electron chi connectivity index (χ2n) is 7.27. The van der Waals surface area contributed by atoms with Crippen LogP contribution in [-0.2, 0) is 4.79 Å². The number of benzene rings is 1. The number of amides is 2. The maximum absolute atomic E-state index is 13.3. The summed E-state index contributed by atoms with van der Waals surface area (Å²) in [4.78, 5) is 28.3. The van der Waals surface area contributed by atoms with E-state index in [1.807, 2.05) is 25.7 Å². The van der Waals surface area contributed by atoms with Gasteiger partial charge in [0.1, 0.15) is 5.82 Å². The van der Waals surface area contributed by atoms with Crippen molar-refractivity contribution >= 4 is 11.8 Å². The van der Waals surface area contributed by atoms with Gasteiger partial charge in [-0.3, -0.25) is 9.59 Å². The number of hydrogen-bond donors (Lipinski definition) is 0. The van der Waals surface area contributed by atoms with Gasteiger partial charge in [0, 0.05) is 38.2 Å². The molecule has 1 heterocycles. The summed E-state index contributed by atoms with van der Waals surface area (Å²) in [6, 6.07) is 5.75.